The lowest BCUT2D eigenvalue weighted by molar-refractivity contribution is -0.167. The number of allylic oxidation sites excluding steroid dienone is 20. The summed E-state index contributed by atoms with van der Waals surface area (Å²) in [5.74, 6) is -1.00. The van der Waals surface area contributed by atoms with Crippen LogP contribution in [0, 0.1) is 0 Å². The van der Waals surface area contributed by atoms with Crippen molar-refractivity contribution < 1.29 is 28.6 Å². The van der Waals surface area contributed by atoms with Gasteiger partial charge in [-0.1, -0.05) is 219 Å². The summed E-state index contributed by atoms with van der Waals surface area (Å²) in [4.78, 5) is 38.0. The van der Waals surface area contributed by atoms with Crippen LogP contribution in [0.5, 0.6) is 0 Å². The van der Waals surface area contributed by atoms with E-state index in [1.165, 1.54) is 57.8 Å². The smallest absolute Gasteiger partial charge is 0.306 e. The topological polar surface area (TPSA) is 78.9 Å². The van der Waals surface area contributed by atoms with Gasteiger partial charge in [0.2, 0.25) is 0 Å². The Morgan fingerprint density at radius 1 is 0.333 bits per heavy atom. The third-order valence-electron chi connectivity index (χ3n) is 10.8. The van der Waals surface area contributed by atoms with Crippen LogP contribution in [0.2, 0.25) is 0 Å². The number of unbranched alkanes of at least 4 members (excludes halogenated alkanes) is 18. The molecule has 0 rings (SSSR count). The average Bonchev–Trinajstić information content (AvgIpc) is 3.31. The van der Waals surface area contributed by atoms with Gasteiger partial charge in [0.15, 0.2) is 6.10 Å². The quantitative estimate of drug-likeness (QED) is 0.0199. The lowest BCUT2D eigenvalue weighted by atomic mass is 10.1. The van der Waals surface area contributed by atoms with Gasteiger partial charge in [0.05, 0.1) is 0 Å². The zero-order valence-corrected chi connectivity index (χ0v) is 42.4. The highest BCUT2D eigenvalue weighted by Crippen LogP contribution is 2.14. The fourth-order valence-corrected chi connectivity index (χ4v) is 6.84. The zero-order valence-electron chi connectivity index (χ0n) is 42.4. The molecule has 66 heavy (non-hydrogen) atoms. The number of carbonyl (C=O) groups is 3. The molecule has 0 radical (unpaired) electrons. The van der Waals surface area contributed by atoms with Gasteiger partial charge in [0, 0.05) is 19.3 Å². The van der Waals surface area contributed by atoms with Gasteiger partial charge < -0.3 is 14.2 Å². The predicted octanol–water partition coefficient (Wildman–Crippen LogP) is 17.7. The van der Waals surface area contributed by atoms with Crippen LogP contribution in [-0.2, 0) is 28.6 Å². The van der Waals surface area contributed by atoms with Crippen molar-refractivity contribution in [2.75, 3.05) is 13.2 Å². The third kappa shape index (κ3) is 50.8. The molecule has 0 bridgehead atoms. The van der Waals surface area contributed by atoms with Gasteiger partial charge in [0.25, 0.3) is 0 Å². The van der Waals surface area contributed by atoms with Crippen LogP contribution in [0.15, 0.2) is 122 Å². The highest BCUT2D eigenvalue weighted by molar-refractivity contribution is 5.71. The first-order valence-corrected chi connectivity index (χ1v) is 26.6. The number of esters is 3. The highest BCUT2D eigenvalue weighted by atomic mass is 16.6. The van der Waals surface area contributed by atoms with Gasteiger partial charge in [-0.25, -0.2) is 0 Å². The van der Waals surface area contributed by atoms with Gasteiger partial charge >= 0.3 is 17.9 Å². The summed E-state index contributed by atoms with van der Waals surface area (Å²) in [5.41, 5.74) is 0. The highest BCUT2D eigenvalue weighted by Gasteiger charge is 2.19. The summed E-state index contributed by atoms with van der Waals surface area (Å²) in [6, 6.07) is 0. The molecule has 6 nitrogen and oxygen atoms in total. The lowest BCUT2D eigenvalue weighted by Gasteiger charge is -2.18. The van der Waals surface area contributed by atoms with E-state index in [-0.39, 0.29) is 44.0 Å². The minimum atomic E-state index is -0.816. The largest absolute Gasteiger partial charge is 0.462 e. The van der Waals surface area contributed by atoms with Crippen molar-refractivity contribution in [1.29, 1.82) is 0 Å². The van der Waals surface area contributed by atoms with Crippen molar-refractivity contribution in [1.82, 2.24) is 0 Å². The van der Waals surface area contributed by atoms with Crippen molar-refractivity contribution in [3.63, 3.8) is 0 Å². The van der Waals surface area contributed by atoms with E-state index in [9.17, 15) is 14.4 Å². The molecule has 0 aromatic rings. The second-order valence-electron chi connectivity index (χ2n) is 17.1. The first kappa shape index (κ1) is 61.8. The molecule has 372 valence electrons. The van der Waals surface area contributed by atoms with Gasteiger partial charge in [-0.05, 0) is 103 Å². The molecule has 0 fully saturated rings. The fourth-order valence-electron chi connectivity index (χ4n) is 6.84. The second kappa shape index (κ2) is 53.4. The van der Waals surface area contributed by atoms with Crippen LogP contribution in [0.25, 0.3) is 0 Å². The molecular weight excluding hydrogens is 817 g/mol. The number of hydrogen-bond donors (Lipinski definition) is 0. The summed E-state index contributed by atoms with van der Waals surface area (Å²) >= 11 is 0. The van der Waals surface area contributed by atoms with Crippen molar-refractivity contribution in [2.45, 2.75) is 226 Å². The maximum atomic E-state index is 12.8. The van der Waals surface area contributed by atoms with E-state index in [1.807, 2.05) is 0 Å². The van der Waals surface area contributed by atoms with Crippen molar-refractivity contribution in [3.8, 4) is 0 Å². The Balaban J connectivity index is 4.47. The van der Waals surface area contributed by atoms with Gasteiger partial charge in [-0.2, -0.15) is 0 Å². The molecular formula is C60H96O6. The Morgan fingerprint density at radius 2 is 0.667 bits per heavy atom. The van der Waals surface area contributed by atoms with E-state index in [0.29, 0.717) is 12.8 Å². The molecule has 0 aromatic heterocycles. The van der Waals surface area contributed by atoms with Crippen LogP contribution >= 0.6 is 0 Å². The standard InChI is InChI=1S/C60H96O6/c1-4-7-10-13-16-19-22-24-26-28-30-32-33-35-38-41-44-47-50-53-59(62)65-56-57(55-64-58(61)52-49-46-43-40-37-21-18-15-12-9-6-3)66-60(63)54-51-48-45-42-39-36-34-31-29-27-25-23-20-17-14-11-8-5-2/h7,9-10,12,16-21,23-27,29,31,34,40,43,57H,4-6,8,11,13-15,22,28,30,32-33,35-39,41-42,44-56H2,1-3H3/b10-7-,12-9-,19-16-,20-17-,21-18-,25-23-,26-24-,29-27-,34-31-,43-40-. The van der Waals surface area contributed by atoms with E-state index in [1.54, 1.807) is 0 Å². The Kier molecular flexibility index (Phi) is 50.0. The number of ether oxygens (including phenoxy) is 3. The minimum Gasteiger partial charge on any atom is -0.462 e. The Hall–Kier alpha value is -4.19. The summed E-state index contributed by atoms with van der Waals surface area (Å²) in [7, 11) is 0. The van der Waals surface area contributed by atoms with Crippen molar-refractivity contribution in [2.24, 2.45) is 0 Å². The predicted molar refractivity (Wildman–Crippen MR) is 283 cm³/mol. The molecule has 0 heterocycles. The molecule has 0 aliphatic carbocycles. The molecule has 1 atom stereocenters. The molecule has 0 aliphatic rings. The first-order valence-electron chi connectivity index (χ1n) is 26.6. The van der Waals surface area contributed by atoms with Crippen molar-refractivity contribution in [3.05, 3.63) is 122 Å². The molecule has 0 saturated carbocycles. The van der Waals surface area contributed by atoms with Crippen LogP contribution in [0.4, 0.5) is 0 Å². The molecule has 0 aromatic carbocycles. The molecule has 0 amide bonds. The molecule has 6 heteroatoms. The van der Waals surface area contributed by atoms with Gasteiger partial charge in [0.1, 0.15) is 13.2 Å². The zero-order chi connectivity index (χ0) is 47.9. The summed E-state index contributed by atoms with van der Waals surface area (Å²) in [6.45, 7) is 6.29. The normalized spacial score (nSPS) is 13.1. The lowest BCUT2D eigenvalue weighted by Crippen LogP contribution is -2.30. The number of hydrogen-bond acceptors (Lipinski definition) is 6. The summed E-state index contributed by atoms with van der Waals surface area (Å²) in [6.07, 6.45) is 73.3. The van der Waals surface area contributed by atoms with Crippen molar-refractivity contribution >= 4 is 17.9 Å². The van der Waals surface area contributed by atoms with Crippen LogP contribution < -0.4 is 0 Å². The summed E-state index contributed by atoms with van der Waals surface area (Å²) < 4.78 is 16.7. The van der Waals surface area contributed by atoms with Gasteiger partial charge in [-0.15, -0.1) is 0 Å². The molecule has 0 N–H and O–H groups in total. The van der Waals surface area contributed by atoms with Crippen LogP contribution in [0.1, 0.15) is 220 Å². The average molecular weight is 913 g/mol. The number of carbonyl (C=O) groups excluding carboxylic acids is 3. The molecule has 0 saturated heterocycles. The minimum absolute atomic E-state index is 0.110. The Morgan fingerprint density at radius 3 is 1.12 bits per heavy atom. The van der Waals surface area contributed by atoms with E-state index in [2.05, 4.69) is 142 Å². The first-order chi connectivity index (χ1) is 32.5. The van der Waals surface area contributed by atoms with E-state index >= 15 is 0 Å². The van der Waals surface area contributed by atoms with E-state index in [4.69, 9.17) is 14.2 Å². The molecule has 0 spiro atoms. The van der Waals surface area contributed by atoms with E-state index in [0.717, 1.165) is 116 Å². The monoisotopic (exact) mass is 913 g/mol. The maximum Gasteiger partial charge on any atom is 0.306 e. The Bertz CT molecular complexity index is 1420. The third-order valence-corrected chi connectivity index (χ3v) is 10.8. The van der Waals surface area contributed by atoms with Crippen LogP contribution in [0.3, 0.4) is 0 Å². The van der Waals surface area contributed by atoms with Crippen LogP contribution in [-0.4, -0.2) is 37.2 Å². The molecule has 1 unspecified atom stereocenters. The molecule has 0 aliphatic heterocycles. The fraction of sp³-hybridized carbons (Fsp3) is 0.617. The van der Waals surface area contributed by atoms with E-state index < -0.39 is 6.10 Å². The SMILES string of the molecule is CC/C=C\C/C=C\C/C=C\CCCCCCCCCCCC(=O)OCC(COC(=O)CCC/C=C\C/C=C\C/C=C\CC)OC(=O)CCCCCCC\C=C/C=C\C=C/C=C\CCCCC. The number of rotatable bonds is 46. The Labute approximate surface area is 405 Å². The van der Waals surface area contributed by atoms with Gasteiger partial charge in [-0.3, -0.25) is 14.4 Å². The maximum absolute atomic E-state index is 12.8. The second-order valence-corrected chi connectivity index (χ2v) is 17.1. The summed E-state index contributed by atoms with van der Waals surface area (Å²) in [5, 5.41) is 0.